The summed E-state index contributed by atoms with van der Waals surface area (Å²) in [6, 6.07) is 7.50. The second kappa shape index (κ2) is 7.35. The van der Waals surface area contributed by atoms with E-state index in [0.29, 0.717) is 0 Å². The van der Waals surface area contributed by atoms with Gasteiger partial charge in [-0.15, -0.1) is 0 Å². The van der Waals surface area contributed by atoms with Crippen LogP contribution in [-0.4, -0.2) is 26.2 Å². The molecule has 0 heterocycles. The maximum atomic E-state index is 12.0. The molecule has 0 aliphatic rings. The number of esters is 1. The van der Waals surface area contributed by atoms with Crippen molar-refractivity contribution in [3.8, 4) is 23.0 Å². The molecule has 0 radical (unpaired) electrons. The van der Waals surface area contributed by atoms with E-state index in [-0.39, 0.29) is 39.9 Å². The van der Waals surface area contributed by atoms with Crippen molar-refractivity contribution in [2.45, 2.75) is 5.97 Å². The molecule has 0 spiro atoms. The normalized spacial score (nSPS) is 11.0. The van der Waals surface area contributed by atoms with Crippen molar-refractivity contribution < 1.29 is 23.7 Å². The SMILES string of the molecule is COC(=O)c1c(Oc2ccc(OC(N)(N)N)cc2OC)ccc(N)c1N. The van der Waals surface area contributed by atoms with Gasteiger partial charge in [-0.1, -0.05) is 0 Å². The van der Waals surface area contributed by atoms with E-state index in [1.54, 1.807) is 0 Å². The number of benzene rings is 2. The summed E-state index contributed by atoms with van der Waals surface area (Å²) >= 11 is 0. The van der Waals surface area contributed by atoms with E-state index in [1.807, 2.05) is 0 Å². The number of anilines is 2. The van der Waals surface area contributed by atoms with Crippen molar-refractivity contribution >= 4 is 17.3 Å². The van der Waals surface area contributed by atoms with E-state index in [9.17, 15) is 4.79 Å². The van der Waals surface area contributed by atoms with Crippen LogP contribution < -0.4 is 42.9 Å². The Labute approximate surface area is 149 Å². The Bertz CT molecular complexity index is 819. The van der Waals surface area contributed by atoms with Crippen molar-refractivity contribution in [3.05, 3.63) is 35.9 Å². The van der Waals surface area contributed by atoms with Gasteiger partial charge in [0.2, 0.25) is 0 Å². The van der Waals surface area contributed by atoms with E-state index in [4.69, 9.17) is 47.6 Å². The summed E-state index contributed by atoms with van der Waals surface area (Å²) in [5.41, 5.74) is 28.1. The third-order valence-electron chi connectivity index (χ3n) is 3.28. The van der Waals surface area contributed by atoms with Gasteiger partial charge in [-0.2, -0.15) is 0 Å². The highest BCUT2D eigenvalue weighted by Crippen LogP contribution is 2.38. The molecular formula is C16H21N5O5. The first kappa shape index (κ1) is 19.1. The second-order valence-electron chi connectivity index (χ2n) is 5.30. The van der Waals surface area contributed by atoms with Crippen molar-refractivity contribution in [1.29, 1.82) is 0 Å². The predicted molar refractivity (Wildman–Crippen MR) is 95.6 cm³/mol. The zero-order valence-corrected chi connectivity index (χ0v) is 14.3. The number of methoxy groups -OCH3 is 2. The van der Waals surface area contributed by atoms with Gasteiger partial charge in [0, 0.05) is 6.07 Å². The molecule has 2 aromatic carbocycles. The summed E-state index contributed by atoms with van der Waals surface area (Å²) in [6.07, 6.45) is 0. The number of nitrogen functional groups attached to an aromatic ring is 2. The van der Waals surface area contributed by atoms with Gasteiger partial charge < -0.3 is 30.4 Å². The second-order valence-corrected chi connectivity index (χ2v) is 5.30. The van der Waals surface area contributed by atoms with Gasteiger partial charge in [0.1, 0.15) is 17.1 Å². The van der Waals surface area contributed by atoms with Crippen LogP contribution >= 0.6 is 0 Å². The van der Waals surface area contributed by atoms with Gasteiger partial charge in [0.15, 0.2) is 11.5 Å². The van der Waals surface area contributed by atoms with E-state index in [1.165, 1.54) is 44.6 Å². The number of hydrogen-bond donors (Lipinski definition) is 5. The molecule has 0 aromatic heterocycles. The first-order chi connectivity index (χ1) is 12.2. The molecule has 0 amide bonds. The highest BCUT2D eigenvalue weighted by Gasteiger charge is 2.21. The number of ether oxygens (including phenoxy) is 4. The molecule has 2 rings (SSSR count). The van der Waals surface area contributed by atoms with Gasteiger partial charge >= 0.3 is 5.97 Å². The first-order valence-corrected chi connectivity index (χ1v) is 7.34. The van der Waals surface area contributed by atoms with Gasteiger partial charge in [-0.3, -0.25) is 17.2 Å². The number of carbonyl (C=O) groups excluding carboxylic acids is 1. The molecule has 140 valence electrons. The maximum Gasteiger partial charge on any atom is 0.343 e. The van der Waals surface area contributed by atoms with Crippen molar-refractivity contribution in [3.63, 3.8) is 0 Å². The minimum absolute atomic E-state index is 0.000212. The van der Waals surface area contributed by atoms with E-state index in [0.717, 1.165) is 0 Å². The lowest BCUT2D eigenvalue weighted by molar-refractivity contribution is 0.0599. The molecular weight excluding hydrogens is 342 g/mol. The predicted octanol–water partition coefficient (Wildman–Crippen LogP) is 0.305. The number of hydrogen-bond acceptors (Lipinski definition) is 10. The van der Waals surface area contributed by atoms with Crippen LogP contribution in [0.5, 0.6) is 23.0 Å². The summed E-state index contributed by atoms with van der Waals surface area (Å²) in [5.74, 6) is -1.60. The maximum absolute atomic E-state index is 12.0. The van der Waals surface area contributed by atoms with Crippen molar-refractivity contribution in [1.82, 2.24) is 0 Å². The standard InChI is InChI=1S/C16H21N5O5/c1-23-12-7-8(26-16(19,20)21)3-5-10(12)25-11-6-4-9(17)14(18)13(11)15(22)24-2/h3-7H,17-21H2,1-2H3. The third-order valence-corrected chi connectivity index (χ3v) is 3.28. The van der Waals surface area contributed by atoms with Crippen LogP contribution in [0.3, 0.4) is 0 Å². The van der Waals surface area contributed by atoms with Gasteiger partial charge in [-0.25, -0.2) is 4.79 Å². The molecule has 0 unspecified atom stereocenters. The van der Waals surface area contributed by atoms with Crippen LogP contribution in [0.25, 0.3) is 0 Å². The third kappa shape index (κ3) is 4.25. The molecule has 0 saturated heterocycles. The summed E-state index contributed by atoms with van der Waals surface area (Å²) < 4.78 is 20.9. The largest absolute Gasteiger partial charge is 0.493 e. The minimum atomic E-state index is -1.85. The molecule has 0 atom stereocenters. The fraction of sp³-hybridized carbons (Fsp3) is 0.188. The molecule has 10 heteroatoms. The van der Waals surface area contributed by atoms with Crippen LogP contribution in [0.2, 0.25) is 0 Å². The quantitative estimate of drug-likeness (QED) is 0.272. The molecule has 26 heavy (non-hydrogen) atoms. The molecule has 0 fully saturated rings. The van der Waals surface area contributed by atoms with Gasteiger partial charge in [0.05, 0.1) is 25.6 Å². The Morgan fingerprint density at radius 3 is 2.19 bits per heavy atom. The van der Waals surface area contributed by atoms with Crippen LogP contribution in [0.15, 0.2) is 30.3 Å². The van der Waals surface area contributed by atoms with Crippen LogP contribution in [-0.2, 0) is 4.74 Å². The van der Waals surface area contributed by atoms with Crippen LogP contribution in [0.1, 0.15) is 10.4 Å². The monoisotopic (exact) mass is 363 g/mol. The van der Waals surface area contributed by atoms with E-state index < -0.39 is 11.9 Å². The Morgan fingerprint density at radius 2 is 1.62 bits per heavy atom. The molecule has 0 aliphatic heterocycles. The summed E-state index contributed by atoms with van der Waals surface area (Å²) in [6.45, 7) is 0. The van der Waals surface area contributed by atoms with Gasteiger partial charge in [-0.05, 0) is 24.3 Å². The lowest BCUT2D eigenvalue weighted by atomic mass is 10.1. The lowest BCUT2D eigenvalue weighted by Crippen LogP contribution is -2.62. The average molecular weight is 363 g/mol. The van der Waals surface area contributed by atoms with E-state index in [2.05, 4.69) is 0 Å². The number of nitrogens with two attached hydrogens (primary N) is 5. The minimum Gasteiger partial charge on any atom is -0.493 e. The zero-order valence-electron chi connectivity index (χ0n) is 14.3. The van der Waals surface area contributed by atoms with Crippen molar-refractivity contribution in [2.24, 2.45) is 17.2 Å². The fourth-order valence-electron chi connectivity index (χ4n) is 2.13. The molecule has 2 aromatic rings. The zero-order chi connectivity index (χ0) is 19.5. The Hall–Kier alpha value is -3.21. The summed E-state index contributed by atoms with van der Waals surface area (Å²) in [4.78, 5) is 12.0. The lowest BCUT2D eigenvalue weighted by Gasteiger charge is -2.21. The Kier molecular flexibility index (Phi) is 5.41. The Balaban J connectivity index is 2.43. The van der Waals surface area contributed by atoms with Crippen LogP contribution in [0.4, 0.5) is 11.4 Å². The first-order valence-electron chi connectivity index (χ1n) is 7.34. The smallest absolute Gasteiger partial charge is 0.343 e. The highest BCUT2D eigenvalue weighted by atomic mass is 16.5. The molecule has 10 nitrogen and oxygen atoms in total. The van der Waals surface area contributed by atoms with Gasteiger partial charge in [0.25, 0.3) is 5.97 Å². The number of carbonyl (C=O) groups is 1. The van der Waals surface area contributed by atoms with Crippen LogP contribution in [0, 0.1) is 0 Å². The van der Waals surface area contributed by atoms with E-state index >= 15 is 0 Å². The molecule has 0 bridgehead atoms. The molecule has 10 N–H and O–H groups in total. The summed E-state index contributed by atoms with van der Waals surface area (Å²) in [7, 11) is 2.64. The fourth-order valence-corrected chi connectivity index (χ4v) is 2.13. The molecule has 0 saturated carbocycles. The number of rotatable bonds is 6. The summed E-state index contributed by atoms with van der Waals surface area (Å²) in [5, 5.41) is 0. The van der Waals surface area contributed by atoms with Crippen molar-refractivity contribution in [2.75, 3.05) is 25.7 Å². The topological polar surface area (TPSA) is 184 Å². The average Bonchev–Trinajstić information content (AvgIpc) is 2.57. The highest BCUT2D eigenvalue weighted by molar-refractivity contribution is 6.01. The Morgan fingerprint density at radius 1 is 0.962 bits per heavy atom. The molecule has 0 aliphatic carbocycles.